The quantitative estimate of drug-likeness (QED) is 0.887. The highest BCUT2D eigenvalue weighted by atomic mass is 35.5. The van der Waals surface area contributed by atoms with Crippen molar-refractivity contribution >= 4 is 28.9 Å². The number of carbonyl (C=O) groups excluding carboxylic acids is 1. The number of rotatable bonds is 5. The number of anilines is 2. The van der Waals surface area contributed by atoms with E-state index in [1.54, 1.807) is 38.5 Å². The highest BCUT2D eigenvalue weighted by molar-refractivity contribution is 6.34. The summed E-state index contributed by atoms with van der Waals surface area (Å²) in [6, 6.07) is 8.76. The SMILES string of the molecule is COc1cc(C(=O)Nc2cccc(Cl)c2N(C)C)cc(OC)c1C. The summed E-state index contributed by atoms with van der Waals surface area (Å²) in [5, 5.41) is 3.46. The van der Waals surface area contributed by atoms with E-state index < -0.39 is 0 Å². The van der Waals surface area contributed by atoms with Crippen LogP contribution < -0.4 is 19.7 Å². The van der Waals surface area contributed by atoms with Gasteiger partial charge in [0.05, 0.1) is 30.6 Å². The van der Waals surface area contributed by atoms with E-state index in [1.807, 2.05) is 32.0 Å². The number of hydrogen-bond acceptors (Lipinski definition) is 4. The van der Waals surface area contributed by atoms with Gasteiger partial charge in [0, 0.05) is 25.2 Å². The van der Waals surface area contributed by atoms with Gasteiger partial charge in [0.2, 0.25) is 0 Å². The standard InChI is InChI=1S/C18H21ClN2O3/c1-11-15(23-4)9-12(10-16(11)24-5)18(22)20-14-8-6-7-13(19)17(14)21(2)3/h6-10H,1-5H3,(H,20,22). The molecule has 0 atom stereocenters. The van der Waals surface area contributed by atoms with Crippen LogP contribution in [-0.4, -0.2) is 34.2 Å². The highest BCUT2D eigenvalue weighted by Gasteiger charge is 2.16. The number of amides is 1. The van der Waals surface area contributed by atoms with Crippen molar-refractivity contribution in [2.24, 2.45) is 0 Å². The lowest BCUT2D eigenvalue weighted by atomic mass is 10.1. The third kappa shape index (κ3) is 3.57. The Bertz CT molecular complexity index is 735. The average Bonchev–Trinajstić information content (AvgIpc) is 2.54. The Morgan fingerprint density at radius 2 is 1.71 bits per heavy atom. The molecule has 0 spiro atoms. The van der Waals surface area contributed by atoms with E-state index in [2.05, 4.69) is 5.32 Å². The van der Waals surface area contributed by atoms with Crippen molar-refractivity contribution in [2.45, 2.75) is 6.92 Å². The predicted molar refractivity (Wildman–Crippen MR) is 98.0 cm³/mol. The summed E-state index contributed by atoms with van der Waals surface area (Å²) in [6.07, 6.45) is 0. The first-order valence-electron chi connectivity index (χ1n) is 7.38. The molecule has 0 unspecified atom stereocenters. The average molecular weight is 349 g/mol. The van der Waals surface area contributed by atoms with Crippen LogP contribution in [-0.2, 0) is 0 Å². The minimum atomic E-state index is -0.267. The van der Waals surface area contributed by atoms with E-state index in [-0.39, 0.29) is 5.91 Å². The third-order valence-corrected chi connectivity index (χ3v) is 4.00. The van der Waals surface area contributed by atoms with Gasteiger partial charge in [-0.05, 0) is 31.2 Å². The molecule has 2 aromatic carbocycles. The van der Waals surface area contributed by atoms with Crippen LogP contribution in [0.2, 0.25) is 5.02 Å². The zero-order chi connectivity index (χ0) is 17.9. The molecule has 2 aromatic rings. The summed E-state index contributed by atoms with van der Waals surface area (Å²) >= 11 is 6.24. The first kappa shape index (κ1) is 17.9. The maximum Gasteiger partial charge on any atom is 0.255 e. The monoisotopic (exact) mass is 348 g/mol. The van der Waals surface area contributed by atoms with Crippen LogP contribution >= 0.6 is 11.6 Å². The van der Waals surface area contributed by atoms with Crippen molar-refractivity contribution in [3.8, 4) is 11.5 Å². The molecular formula is C18H21ClN2O3. The predicted octanol–water partition coefficient (Wildman–Crippen LogP) is 3.98. The van der Waals surface area contributed by atoms with Gasteiger partial charge in [-0.3, -0.25) is 4.79 Å². The summed E-state index contributed by atoms with van der Waals surface area (Å²) in [4.78, 5) is 14.5. The maximum absolute atomic E-state index is 12.7. The second-order valence-electron chi connectivity index (χ2n) is 5.49. The zero-order valence-corrected chi connectivity index (χ0v) is 15.2. The third-order valence-electron chi connectivity index (χ3n) is 3.70. The minimum absolute atomic E-state index is 0.267. The molecule has 2 rings (SSSR count). The Morgan fingerprint density at radius 3 is 2.21 bits per heavy atom. The van der Waals surface area contributed by atoms with Crippen molar-refractivity contribution in [2.75, 3.05) is 38.5 Å². The van der Waals surface area contributed by atoms with Gasteiger partial charge in [-0.25, -0.2) is 0 Å². The number of benzene rings is 2. The van der Waals surface area contributed by atoms with E-state index in [1.165, 1.54) is 0 Å². The number of nitrogens with one attached hydrogen (secondary N) is 1. The molecule has 0 heterocycles. The first-order chi connectivity index (χ1) is 11.4. The Kier molecular flexibility index (Phi) is 5.57. The number of carbonyl (C=O) groups is 1. The lowest BCUT2D eigenvalue weighted by molar-refractivity contribution is 0.102. The molecule has 128 valence electrons. The fourth-order valence-electron chi connectivity index (χ4n) is 2.48. The van der Waals surface area contributed by atoms with Crippen molar-refractivity contribution in [1.29, 1.82) is 0 Å². The topological polar surface area (TPSA) is 50.8 Å². The molecule has 0 aliphatic rings. The zero-order valence-electron chi connectivity index (χ0n) is 14.4. The van der Waals surface area contributed by atoms with Gasteiger partial charge in [0.25, 0.3) is 5.91 Å². The molecule has 24 heavy (non-hydrogen) atoms. The largest absolute Gasteiger partial charge is 0.496 e. The van der Waals surface area contributed by atoms with Crippen molar-refractivity contribution < 1.29 is 14.3 Å². The Balaban J connectivity index is 2.40. The van der Waals surface area contributed by atoms with Crippen LogP contribution in [0, 0.1) is 6.92 Å². The molecule has 1 N–H and O–H groups in total. The van der Waals surface area contributed by atoms with Crippen LogP contribution in [0.4, 0.5) is 11.4 Å². The van der Waals surface area contributed by atoms with E-state index in [4.69, 9.17) is 21.1 Å². The number of ether oxygens (including phenoxy) is 2. The molecular weight excluding hydrogens is 328 g/mol. The highest BCUT2D eigenvalue weighted by Crippen LogP contribution is 2.34. The van der Waals surface area contributed by atoms with E-state index >= 15 is 0 Å². The molecule has 6 heteroatoms. The molecule has 0 saturated carbocycles. The van der Waals surface area contributed by atoms with Crippen LogP contribution in [0.1, 0.15) is 15.9 Å². The second-order valence-corrected chi connectivity index (χ2v) is 5.90. The van der Waals surface area contributed by atoms with Gasteiger partial charge in [-0.15, -0.1) is 0 Å². The summed E-state index contributed by atoms with van der Waals surface area (Å²) in [5.41, 5.74) is 2.67. The van der Waals surface area contributed by atoms with Crippen LogP contribution in [0.15, 0.2) is 30.3 Å². The summed E-state index contributed by atoms with van der Waals surface area (Å²) in [5.74, 6) is 0.925. The number of nitrogens with zero attached hydrogens (tertiary/aromatic N) is 1. The molecule has 0 bridgehead atoms. The Labute approximate surface area is 147 Å². The minimum Gasteiger partial charge on any atom is -0.496 e. The Hall–Kier alpha value is -2.40. The maximum atomic E-state index is 12.7. The molecule has 0 fully saturated rings. The number of methoxy groups -OCH3 is 2. The van der Waals surface area contributed by atoms with E-state index in [0.717, 1.165) is 11.3 Å². The van der Waals surface area contributed by atoms with Gasteiger partial charge in [-0.2, -0.15) is 0 Å². The van der Waals surface area contributed by atoms with Crippen molar-refractivity contribution in [1.82, 2.24) is 0 Å². The lowest BCUT2D eigenvalue weighted by Crippen LogP contribution is -2.17. The van der Waals surface area contributed by atoms with Crippen LogP contribution in [0.25, 0.3) is 0 Å². The second kappa shape index (κ2) is 7.45. The Morgan fingerprint density at radius 1 is 1.12 bits per heavy atom. The molecule has 1 amide bonds. The summed E-state index contributed by atoms with van der Waals surface area (Å²) < 4.78 is 10.6. The molecule has 0 aliphatic heterocycles. The normalized spacial score (nSPS) is 10.2. The van der Waals surface area contributed by atoms with Crippen molar-refractivity contribution in [3.63, 3.8) is 0 Å². The van der Waals surface area contributed by atoms with Gasteiger partial charge in [0.1, 0.15) is 11.5 Å². The van der Waals surface area contributed by atoms with E-state index in [9.17, 15) is 4.79 Å². The van der Waals surface area contributed by atoms with Gasteiger partial charge in [0.15, 0.2) is 0 Å². The summed E-state index contributed by atoms with van der Waals surface area (Å²) in [7, 11) is 6.86. The van der Waals surface area contributed by atoms with Crippen LogP contribution in [0.3, 0.4) is 0 Å². The number of hydrogen-bond donors (Lipinski definition) is 1. The fraction of sp³-hybridized carbons (Fsp3) is 0.278. The van der Waals surface area contributed by atoms with Gasteiger partial charge in [-0.1, -0.05) is 17.7 Å². The van der Waals surface area contributed by atoms with Gasteiger partial charge >= 0.3 is 0 Å². The molecule has 0 radical (unpaired) electrons. The molecule has 0 saturated heterocycles. The smallest absolute Gasteiger partial charge is 0.255 e. The lowest BCUT2D eigenvalue weighted by Gasteiger charge is -2.20. The molecule has 5 nitrogen and oxygen atoms in total. The fourth-order valence-corrected chi connectivity index (χ4v) is 2.83. The van der Waals surface area contributed by atoms with Crippen LogP contribution in [0.5, 0.6) is 11.5 Å². The molecule has 0 aliphatic carbocycles. The van der Waals surface area contributed by atoms with Crippen molar-refractivity contribution in [3.05, 3.63) is 46.5 Å². The summed E-state index contributed by atoms with van der Waals surface area (Å²) in [6.45, 7) is 1.88. The number of halogens is 1. The molecule has 0 aromatic heterocycles. The first-order valence-corrected chi connectivity index (χ1v) is 7.76. The van der Waals surface area contributed by atoms with Gasteiger partial charge < -0.3 is 19.7 Å². The van der Waals surface area contributed by atoms with E-state index in [0.29, 0.717) is 27.8 Å². The number of para-hydroxylation sites is 1.